The molecule has 0 saturated heterocycles. The molecule has 2 N–H and O–H groups in total. The first-order valence-electron chi connectivity index (χ1n) is 8.99. The Labute approximate surface area is 132 Å². The fourth-order valence-electron chi connectivity index (χ4n) is 3.53. The van der Waals surface area contributed by atoms with E-state index in [4.69, 9.17) is 0 Å². The Bertz CT molecular complexity index is 287. The van der Waals surface area contributed by atoms with Crippen LogP contribution in [0.5, 0.6) is 0 Å². The maximum Gasteiger partial charge on any atom is 0.0611 e. The van der Waals surface area contributed by atoms with Crippen molar-refractivity contribution in [1.82, 2.24) is 10.2 Å². The zero-order valence-corrected chi connectivity index (χ0v) is 15.2. The second-order valence-corrected chi connectivity index (χ2v) is 7.75. The number of nitrogens with one attached hydrogen (secondary N) is 1. The smallest absolute Gasteiger partial charge is 0.0611 e. The van der Waals surface area contributed by atoms with E-state index in [1.807, 2.05) is 0 Å². The van der Waals surface area contributed by atoms with Crippen LogP contribution in [0.1, 0.15) is 73.6 Å². The zero-order chi connectivity index (χ0) is 16.0. The Kier molecular flexibility index (Phi) is 7.66. The molecule has 1 saturated carbocycles. The molecule has 1 aliphatic rings. The molecule has 0 aliphatic heterocycles. The highest BCUT2D eigenvalue weighted by Gasteiger charge is 2.35. The Morgan fingerprint density at radius 3 is 2.14 bits per heavy atom. The maximum atomic E-state index is 9.85. The van der Waals surface area contributed by atoms with Gasteiger partial charge in [0.2, 0.25) is 0 Å². The molecule has 1 fully saturated rings. The summed E-state index contributed by atoms with van der Waals surface area (Å²) in [6.07, 6.45) is 5.97. The van der Waals surface area contributed by atoms with Crippen molar-refractivity contribution in [2.45, 2.75) is 97.3 Å². The summed E-state index contributed by atoms with van der Waals surface area (Å²) in [5.74, 6) is 0.685. The zero-order valence-electron chi connectivity index (χ0n) is 15.2. The van der Waals surface area contributed by atoms with Gasteiger partial charge in [-0.05, 0) is 51.9 Å². The van der Waals surface area contributed by atoms with Crippen molar-refractivity contribution in [3.05, 3.63) is 0 Å². The van der Waals surface area contributed by atoms with Crippen LogP contribution in [0.15, 0.2) is 0 Å². The summed E-state index contributed by atoms with van der Waals surface area (Å²) in [6.45, 7) is 15.1. The van der Waals surface area contributed by atoms with Gasteiger partial charge in [-0.15, -0.1) is 0 Å². The van der Waals surface area contributed by atoms with Gasteiger partial charge in [-0.3, -0.25) is 4.90 Å². The molecule has 2 unspecified atom stereocenters. The highest BCUT2D eigenvalue weighted by atomic mass is 16.3. The third-order valence-corrected chi connectivity index (χ3v) is 4.78. The summed E-state index contributed by atoms with van der Waals surface area (Å²) in [6, 6.07) is 1.80. The fraction of sp³-hybridized carbons (Fsp3) is 1.00. The predicted molar refractivity (Wildman–Crippen MR) is 91.6 cm³/mol. The van der Waals surface area contributed by atoms with Crippen molar-refractivity contribution in [1.29, 1.82) is 0 Å². The number of hydrogen-bond donors (Lipinski definition) is 2. The Morgan fingerprint density at radius 2 is 1.76 bits per heavy atom. The molecule has 3 heteroatoms. The Balaban J connectivity index is 2.70. The Hall–Kier alpha value is -0.120. The van der Waals surface area contributed by atoms with Gasteiger partial charge in [-0.1, -0.05) is 27.7 Å². The van der Waals surface area contributed by atoms with E-state index in [1.54, 1.807) is 0 Å². The molecular formula is C18H38N2O. The fourth-order valence-corrected chi connectivity index (χ4v) is 3.53. The minimum Gasteiger partial charge on any atom is -0.394 e. The summed E-state index contributed by atoms with van der Waals surface area (Å²) < 4.78 is 0. The number of aliphatic hydroxyl groups excluding tert-OH is 1. The van der Waals surface area contributed by atoms with Gasteiger partial charge in [0, 0.05) is 30.2 Å². The lowest BCUT2D eigenvalue weighted by Gasteiger charge is -2.41. The number of nitrogens with zero attached hydrogens (tertiary/aromatic N) is 1. The molecule has 2 atom stereocenters. The molecule has 1 aliphatic carbocycles. The average Bonchev–Trinajstić information content (AvgIpc) is 3.22. The highest BCUT2D eigenvalue weighted by Crippen LogP contribution is 2.27. The summed E-state index contributed by atoms with van der Waals surface area (Å²) >= 11 is 0. The molecule has 0 amide bonds. The van der Waals surface area contributed by atoms with E-state index in [0.29, 0.717) is 24.0 Å². The third-order valence-electron chi connectivity index (χ3n) is 4.78. The maximum absolute atomic E-state index is 9.85. The van der Waals surface area contributed by atoms with Crippen molar-refractivity contribution < 1.29 is 5.11 Å². The van der Waals surface area contributed by atoms with Crippen molar-refractivity contribution in [2.24, 2.45) is 5.92 Å². The van der Waals surface area contributed by atoms with Crippen LogP contribution in [0, 0.1) is 5.92 Å². The third kappa shape index (κ3) is 6.25. The SMILES string of the molecule is CCC(CC)N(CC(C)C)C(C)CC(C)(CO)NC1CC1. The van der Waals surface area contributed by atoms with Crippen LogP contribution in [0.3, 0.4) is 0 Å². The normalized spacial score (nSPS) is 20.3. The lowest BCUT2D eigenvalue weighted by molar-refractivity contribution is 0.0734. The van der Waals surface area contributed by atoms with E-state index in [-0.39, 0.29) is 12.1 Å². The first kappa shape index (κ1) is 18.9. The first-order chi connectivity index (χ1) is 9.85. The molecule has 0 spiro atoms. The molecule has 0 radical (unpaired) electrons. The van der Waals surface area contributed by atoms with Gasteiger partial charge in [0.15, 0.2) is 0 Å². The molecule has 0 heterocycles. The van der Waals surface area contributed by atoms with E-state index in [1.165, 1.54) is 25.7 Å². The monoisotopic (exact) mass is 298 g/mol. The van der Waals surface area contributed by atoms with Gasteiger partial charge < -0.3 is 10.4 Å². The minimum absolute atomic E-state index is 0.137. The number of hydrogen-bond acceptors (Lipinski definition) is 3. The standard InChI is InChI=1S/C18H38N2O/c1-7-17(8-2)20(12-14(3)4)15(5)11-18(6,13-21)19-16-9-10-16/h14-17,19,21H,7-13H2,1-6H3. The first-order valence-corrected chi connectivity index (χ1v) is 8.99. The van der Waals surface area contributed by atoms with E-state index in [2.05, 4.69) is 51.8 Å². The lowest BCUT2D eigenvalue weighted by atomic mass is 9.91. The molecule has 3 nitrogen and oxygen atoms in total. The molecule has 1 rings (SSSR count). The average molecular weight is 299 g/mol. The highest BCUT2D eigenvalue weighted by molar-refractivity contribution is 4.95. The predicted octanol–water partition coefficient (Wildman–Crippen LogP) is 3.41. The van der Waals surface area contributed by atoms with Gasteiger partial charge in [-0.2, -0.15) is 0 Å². The van der Waals surface area contributed by atoms with Crippen LogP contribution in [0.25, 0.3) is 0 Å². The van der Waals surface area contributed by atoms with Crippen molar-refractivity contribution in [2.75, 3.05) is 13.2 Å². The van der Waals surface area contributed by atoms with Gasteiger partial charge in [-0.25, -0.2) is 0 Å². The molecular weight excluding hydrogens is 260 g/mol. The topological polar surface area (TPSA) is 35.5 Å². The molecule has 21 heavy (non-hydrogen) atoms. The second-order valence-electron chi connectivity index (χ2n) is 7.75. The van der Waals surface area contributed by atoms with Crippen molar-refractivity contribution in [3.63, 3.8) is 0 Å². The molecule has 0 aromatic heterocycles. The van der Waals surface area contributed by atoms with E-state index in [9.17, 15) is 5.11 Å². The molecule has 0 aromatic carbocycles. The van der Waals surface area contributed by atoms with E-state index < -0.39 is 0 Å². The summed E-state index contributed by atoms with van der Waals surface area (Å²) in [7, 11) is 0. The Morgan fingerprint density at radius 1 is 1.19 bits per heavy atom. The van der Waals surface area contributed by atoms with Crippen LogP contribution in [0.4, 0.5) is 0 Å². The molecule has 0 bridgehead atoms. The van der Waals surface area contributed by atoms with Gasteiger partial charge in [0.25, 0.3) is 0 Å². The summed E-state index contributed by atoms with van der Waals surface area (Å²) in [5.41, 5.74) is -0.137. The van der Waals surface area contributed by atoms with Gasteiger partial charge >= 0.3 is 0 Å². The van der Waals surface area contributed by atoms with Crippen LogP contribution in [0.2, 0.25) is 0 Å². The number of aliphatic hydroxyl groups is 1. The second kappa shape index (κ2) is 8.50. The van der Waals surface area contributed by atoms with E-state index in [0.717, 1.165) is 13.0 Å². The van der Waals surface area contributed by atoms with Crippen molar-refractivity contribution >= 4 is 0 Å². The van der Waals surface area contributed by atoms with Crippen LogP contribution in [-0.4, -0.2) is 46.8 Å². The quantitative estimate of drug-likeness (QED) is 0.613. The van der Waals surface area contributed by atoms with Crippen molar-refractivity contribution in [3.8, 4) is 0 Å². The van der Waals surface area contributed by atoms with Crippen LogP contribution < -0.4 is 5.32 Å². The lowest BCUT2D eigenvalue weighted by Crippen LogP contribution is -2.53. The minimum atomic E-state index is -0.137. The van der Waals surface area contributed by atoms with E-state index >= 15 is 0 Å². The van der Waals surface area contributed by atoms with Gasteiger partial charge in [0.1, 0.15) is 0 Å². The van der Waals surface area contributed by atoms with Gasteiger partial charge in [0.05, 0.1) is 6.61 Å². The number of rotatable bonds is 11. The van der Waals surface area contributed by atoms with Crippen LogP contribution in [-0.2, 0) is 0 Å². The summed E-state index contributed by atoms with van der Waals surface area (Å²) in [5, 5.41) is 13.5. The largest absolute Gasteiger partial charge is 0.394 e. The summed E-state index contributed by atoms with van der Waals surface area (Å²) in [4.78, 5) is 2.67. The van der Waals surface area contributed by atoms with Crippen LogP contribution >= 0.6 is 0 Å². The molecule has 0 aromatic rings. The molecule has 126 valence electrons.